The quantitative estimate of drug-likeness (QED) is 0.670. The largest absolute Gasteiger partial charge is 0.326 e. The van der Waals surface area contributed by atoms with E-state index in [0.29, 0.717) is 12.4 Å². The molecular weight excluding hydrogens is 154 g/mol. The van der Waals surface area contributed by atoms with Gasteiger partial charge >= 0.3 is 0 Å². The van der Waals surface area contributed by atoms with Crippen LogP contribution in [0.3, 0.4) is 0 Å². The van der Waals surface area contributed by atoms with Crippen molar-refractivity contribution < 1.29 is 4.79 Å². The first-order chi connectivity index (χ1) is 5.72. The van der Waals surface area contributed by atoms with Crippen molar-refractivity contribution in [1.82, 2.24) is 4.98 Å². The molecule has 0 unspecified atom stereocenters. The average molecular weight is 165 g/mol. The predicted molar refractivity (Wildman–Crippen MR) is 46.4 cm³/mol. The van der Waals surface area contributed by atoms with Crippen LogP contribution < -0.4 is 11.1 Å². The molecule has 3 N–H and O–H groups in total. The molecule has 0 radical (unpaired) electrons. The number of amides is 1. The molecule has 0 aromatic carbocycles. The van der Waals surface area contributed by atoms with Crippen LogP contribution >= 0.6 is 0 Å². The predicted octanol–water partition coefficient (Wildman–Crippen LogP) is 0.499. The lowest BCUT2D eigenvalue weighted by Crippen LogP contribution is -2.08. The van der Waals surface area contributed by atoms with Crippen LogP contribution in [0.5, 0.6) is 0 Å². The second kappa shape index (κ2) is 3.82. The fourth-order valence-electron chi connectivity index (χ4n) is 0.850. The van der Waals surface area contributed by atoms with Gasteiger partial charge in [-0.1, -0.05) is 0 Å². The summed E-state index contributed by atoms with van der Waals surface area (Å²) in [6.07, 6.45) is 1.62. The number of aromatic nitrogens is 1. The highest BCUT2D eigenvalue weighted by Crippen LogP contribution is 2.05. The van der Waals surface area contributed by atoms with Gasteiger partial charge < -0.3 is 11.1 Å². The third-order valence-corrected chi connectivity index (χ3v) is 1.36. The molecule has 4 heteroatoms. The molecular formula is C8H11N3O. The number of nitrogens with one attached hydrogen (secondary N) is 1. The Morgan fingerprint density at radius 1 is 1.75 bits per heavy atom. The monoisotopic (exact) mass is 165 g/mol. The van der Waals surface area contributed by atoms with E-state index in [-0.39, 0.29) is 5.91 Å². The van der Waals surface area contributed by atoms with Gasteiger partial charge in [0.15, 0.2) is 0 Å². The summed E-state index contributed by atoms with van der Waals surface area (Å²) in [7, 11) is 0. The summed E-state index contributed by atoms with van der Waals surface area (Å²) in [6.45, 7) is 1.89. The van der Waals surface area contributed by atoms with Crippen LogP contribution in [-0.4, -0.2) is 10.9 Å². The van der Waals surface area contributed by atoms with Crippen LogP contribution in [0.15, 0.2) is 18.3 Å². The van der Waals surface area contributed by atoms with Gasteiger partial charge in [0.05, 0.1) is 0 Å². The zero-order valence-corrected chi connectivity index (χ0v) is 6.87. The van der Waals surface area contributed by atoms with E-state index in [1.165, 1.54) is 6.92 Å². The maximum Gasteiger partial charge on any atom is 0.222 e. The first-order valence-corrected chi connectivity index (χ1v) is 3.65. The SMILES string of the molecule is CC(=O)Nc1cc(CN)ccn1. The lowest BCUT2D eigenvalue weighted by molar-refractivity contribution is -0.114. The fraction of sp³-hybridized carbons (Fsp3) is 0.250. The van der Waals surface area contributed by atoms with E-state index in [1.54, 1.807) is 12.3 Å². The maximum atomic E-state index is 10.6. The minimum atomic E-state index is -0.128. The zero-order chi connectivity index (χ0) is 8.97. The minimum Gasteiger partial charge on any atom is -0.326 e. The third kappa shape index (κ3) is 2.32. The van der Waals surface area contributed by atoms with Gasteiger partial charge in [-0.2, -0.15) is 0 Å². The van der Waals surface area contributed by atoms with Crippen LogP contribution in [0.2, 0.25) is 0 Å². The van der Waals surface area contributed by atoms with Crippen LogP contribution in [0.4, 0.5) is 5.82 Å². The first-order valence-electron chi connectivity index (χ1n) is 3.65. The summed E-state index contributed by atoms with van der Waals surface area (Å²) in [5.41, 5.74) is 6.36. The minimum absolute atomic E-state index is 0.128. The Hall–Kier alpha value is -1.42. The van der Waals surface area contributed by atoms with Gasteiger partial charge in [-0.25, -0.2) is 4.98 Å². The van der Waals surface area contributed by atoms with Crippen molar-refractivity contribution in [1.29, 1.82) is 0 Å². The molecule has 0 aliphatic rings. The molecule has 1 heterocycles. The molecule has 0 saturated heterocycles. The molecule has 0 bridgehead atoms. The molecule has 4 nitrogen and oxygen atoms in total. The average Bonchev–Trinajstić information content (AvgIpc) is 2.03. The number of rotatable bonds is 2. The van der Waals surface area contributed by atoms with Crippen LogP contribution in [-0.2, 0) is 11.3 Å². The molecule has 1 aromatic heterocycles. The summed E-state index contributed by atoms with van der Waals surface area (Å²) < 4.78 is 0. The number of pyridine rings is 1. The summed E-state index contributed by atoms with van der Waals surface area (Å²) in [4.78, 5) is 14.6. The van der Waals surface area contributed by atoms with Crippen molar-refractivity contribution in [3.05, 3.63) is 23.9 Å². The third-order valence-electron chi connectivity index (χ3n) is 1.36. The molecule has 12 heavy (non-hydrogen) atoms. The van der Waals surface area contributed by atoms with E-state index in [0.717, 1.165) is 5.56 Å². The number of nitrogens with two attached hydrogens (primary N) is 1. The Bertz CT molecular complexity index is 285. The molecule has 1 amide bonds. The molecule has 0 saturated carbocycles. The smallest absolute Gasteiger partial charge is 0.222 e. The van der Waals surface area contributed by atoms with Crippen molar-refractivity contribution in [2.45, 2.75) is 13.5 Å². The topological polar surface area (TPSA) is 68.0 Å². The van der Waals surface area contributed by atoms with Gasteiger partial charge in [0.2, 0.25) is 5.91 Å². The standard InChI is InChI=1S/C8H11N3O/c1-6(12)11-8-4-7(5-9)2-3-10-8/h2-4H,5,9H2,1H3,(H,10,11,12). The second-order valence-electron chi connectivity index (χ2n) is 2.43. The molecule has 64 valence electrons. The number of nitrogens with zero attached hydrogens (tertiary/aromatic N) is 1. The van der Waals surface area contributed by atoms with Crippen molar-refractivity contribution in [2.24, 2.45) is 5.73 Å². The van der Waals surface area contributed by atoms with Gasteiger partial charge in [-0.05, 0) is 17.7 Å². The van der Waals surface area contributed by atoms with Gasteiger partial charge in [-0.3, -0.25) is 4.79 Å². The summed E-state index contributed by atoms with van der Waals surface area (Å²) in [5.74, 6) is 0.419. The highest BCUT2D eigenvalue weighted by molar-refractivity contribution is 5.87. The van der Waals surface area contributed by atoms with E-state index in [2.05, 4.69) is 10.3 Å². The Balaban J connectivity index is 2.79. The maximum absolute atomic E-state index is 10.6. The lowest BCUT2D eigenvalue weighted by atomic mass is 10.2. The summed E-state index contributed by atoms with van der Waals surface area (Å²) in [5, 5.41) is 2.57. The molecule has 1 aromatic rings. The number of hydrogen-bond donors (Lipinski definition) is 2. The van der Waals surface area contributed by atoms with Crippen LogP contribution in [0, 0.1) is 0 Å². The number of anilines is 1. The summed E-state index contributed by atoms with van der Waals surface area (Å²) in [6, 6.07) is 3.56. The fourth-order valence-corrected chi connectivity index (χ4v) is 0.850. The van der Waals surface area contributed by atoms with Gasteiger partial charge in [0, 0.05) is 19.7 Å². The van der Waals surface area contributed by atoms with Gasteiger partial charge in [0.25, 0.3) is 0 Å². The Morgan fingerprint density at radius 2 is 2.50 bits per heavy atom. The molecule has 0 fully saturated rings. The van der Waals surface area contributed by atoms with Crippen molar-refractivity contribution >= 4 is 11.7 Å². The van der Waals surface area contributed by atoms with Crippen molar-refractivity contribution in [3.63, 3.8) is 0 Å². The van der Waals surface area contributed by atoms with E-state index >= 15 is 0 Å². The van der Waals surface area contributed by atoms with Crippen LogP contribution in [0.1, 0.15) is 12.5 Å². The van der Waals surface area contributed by atoms with E-state index in [9.17, 15) is 4.79 Å². The molecule has 1 rings (SSSR count). The van der Waals surface area contributed by atoms with Crippen molar-refractivity contribution in [2.75, 3.05) is 5.32 Å². The highest BCUT2D eigenvalue weighted by atomic mass is 16.1. The van der Waals surface area contributed by atoms with Gasteiger partial charge in [0.1, 0.15) is 5.82 Å². The lowest BCUT2D eigenvalue weighted by Gasteiger charge is -2.01. The Morgan fingerprint density at radius 3 is 3.08 bits per heavy atom. The van der Waals surface area contributed by atoms with E-state index in [1.807, 2.05) is 6.07 Å². The highest BCUT2D eigenvalue weighted by Gasteiger charge is 1.96. The Kier molecular flexibility index (Phi) is 2.76. The molecule has 0 atom stereocenters. The van der Waals surface area contributed by atoms with E-state index in [4.69, 9.17) is 5.73 Å². The first kappa shape index (κ1) is 8.67. The van der Waals surface area contributed by atoms with E-state index < -0.39 is 0 Å². The number of hydrogen-bond acceptors (Lipinski definition) is 3. The molecule has 0 aliphatic heterocycles. The normalized spacial score (nSPS) is 9.50. The zero-order valence-electron chi connectivity index (χ0n) is 6.87. The second-order valence-corrected chi connectivity index (χ2v) is 2.43. The molecule has 0 aliphatic carbocycles. The number of carbonyl (C=O) groups is 1. The van der Waals surface area contributed by atoms with Gasteiger partial charge in [-0.15, -0.1) is 0 Å². The summed E-state index contributed by atoms with van der Waals surface area (Å²) >= 11 is 0. The van der Waals surface area contributed by atoms with Crippen LogP contribution in [0.25, 0.3) is 0 Å². The molecule has 0 spiro atoms. The van der Waals surface area contributed by atoms with Crippen molar-refractivity contribution in [3.8, 4) is 0 Å². The Labute approximate surface area is 70.8 Å². The number of carbonyl (C=O) groups excluding carboxylic acids is 1.